The van der Waals surface area contributed by atoms with Crippen LogP contribution < -0.4 is 63.3 Å². The van der Waals surface area contributed by atoms with Gasteiger partial charge >= 0.3 is 59.1 Å². The number of phenols is 1. The fourth-order valence-electron chi connectivity index (χ4n) is 2.35. The number of hydrogen-bond acceptors (Lipinski definition) is 8. The molecule has 0 fully saturated rings. The Labute approximate surface area is 216 Å². The predicted octanol–water partition coefficient (Wildman–Crippen LogP) is -2.39. The Morgan fingerprint density at radius 1 is 0.966 bits per heavy atom. The van der Waals surface area contributed by atoms with E-state index in [1.54, 1.807) is 6.07 Å². The summed E-state index contributed by atoms with van der Waals surface area (Å²) in [5.41, 5.74) is 0.348. The molecule has 2 N–H and O–H groups in total. The van der Waals surface area contributed by atoms with Crippen LogP contribution in [0.2, 0.25) is 0 Å². The van der Waals surface area contributed by atoms with Gasteiger partial charge in [0.25, 0.3) is 10.1 Å². The molecule has 0 saturated carbocycles. The summed E-state index contributed by atoms with van der Waals surface area (Å²) in [4.78, 5) is -0.290. The number of benzene rings is 3. The Morgan fingerprint density at radius 3 is 2.21 bits per heavy atom. The summed E-state index contributed by atoms with van der Waals surface area (Å²) in [6.45, 7) is 0. The van der Waals surface area contributed by atoms with Gasteiger partial charge in [-0.1, -0.05) is 12.1 Å². The molecule has 1 unspecified atom stereocenters. The van der Waals surface area contributed by atoms with E-state index < -0.39 is 21.5 Å². The quantitative estimate of drug-likeness (QED) is 0.189. The number of hydrogen-bond donors (Lipinski definition) is 2. The smallest absolute Gasteiger partial charge is 1.00 e. The Kier molecular flexibility index (Phi) is 9.89. The van der Waals surface area contributed by atoms with Crippen LogP contribution in [-0.2, 0) is 21.5 Å². The van der Waals surface area contributed by atoms with E-state index in [2.05, 4.69) is 10.2 Å². The van der Waals surface area contributed by atoms with Crippen LogP contribution in [0.15, 0.2) is 69.7 Å². The Bertz CT molecular complexity index is 1180. The zero-order chi connectivity index (χ0) is 19.6. The van der Waals surface area contributed by atoms with E-state index in [-0.39, 0.29) is 89.7 Å². The van der Waals surface area contributed by atoms with Crippen molar-refractivity contribution in [2.24, 2.45) is 10.2 Å². The van der Waals surface area contributed by atoms with E-state index in [0.29, 0.717) is 10.8 Å². The second-order valence-electron chi connectivity index (χ2n) is 5.24. The van der Waals surface area contributed by atoms with Gasteiger partial charge in [-0.05, 0) is 42.5 Å². The summed E-state index contributed by atoms with van der Waals surface area (Å²) in [6, 6.07) is 12.3. The van der Waals surface area contributed by atoms with Gasteiger partial charge in [0.05, 0.1) is 10.6 Å². The monoisotopic (exact) mass is 455 g/mol. The molecular weight excluding hydrogens is 442 g/mol. The van der Waals surface area contributed by atoms with E-state index in [4.69, 9.17) is 8.74 Å². The third-order valence-electron chi connectivity index (χ3n) is 3.53. The van der Waals surface area contributed by atoms with Crippen molar-refractivity contribution < 1.29 is 93.0 Å². The number of aromatic hydroxyl groups is 1. The molecule has 1 atom stereocenters. The second-order valence-corrected chi connectivity index (χ2v) is 7.24. The molecule has 144 valence electrons. The molecular formula is C16H13N2Na2O7S2-. The van der Waals surface area contributed by atoms with E-state index in [0.717, 1.165) is 12.1 Å². The SMILES string of the molecule is O=S([O-])Oc1cccc2c(N=Nc3ccc(S(=O)(=O)O)cc3)c(O)ccc12.[H-].[H-].[Na+].[Na+]. The molecule has 0 radical (unpaired) electrons. The second kappa shape index (κ2) is 11.0. The van der Waals surface area contributed by atoms with Crippen LogP contribution in [0.1, 0.15) is 2.85 Å². The molecule has 0 bridgehead atoms. The molecule has 0 aliphatic rings. The summed E-state index contributed by atoms with van der Waals surface area (Å²) in [6.07, 6.45) is 0. The summed E-state index contributed by atoms with van der Waals surface area (Å²) < 4.78 is 57.3. The van der Waals surface area contributed by atoms with Crippen LogP contribution in [0.5, 0.6) is 11.5 Å². The average Bonchev–Trinajstić information content (AvgIpc) is 2.60. The van der Waals surface area contributed by atoms with E-state index in [1.807, 2.05) is 0 Å². The van der Waals surface area contributed by atoms with Crippen molar-refractivity contribution in [1.82, 2.24) is 0 Å². The Morgan fingerprint density at radius 2 is 1.62 bits per heavy atom. The first-order valence-electron chi connectivity index (χ1n) is 7.27. The molecule has 0 saturated heterocycles. The molecule has 0 spiro atoms. The fourth-order valence-corrected chi connectivity index (χ4v) is 3.12. The summed E-state index contributed by atoms with van der Waals surface area (Å²) in [5.74, 6) is -0.129. The van der Waals surface area contributed by atoms with Crippen molar-refractivity contribution in [1.29, 1.82) is 0 Å². The molecule has 0 heterocycles. The minimum atomic E-state index is -4.31. The number of nitrogens with zero attached hydrogens (tertiary/aromatic N) is 2. The van der Waals surface area contributed by atoms with Crippen LogP contribution >= 0.6 is 0 Å². The van der Waals surface area contributed by atoms with Crippen molar-refractivity contribution >= 4 is 43.6 Å². The Hall–Kier alpha value is -0.860. The van der Waals surface area contributed by atoms with Crippen LogP contribution in [0, 0.1) is 0 Å². The first kappa shape index (κ1) is 26.2. The predicted molar refractivity (Wildman–Crippen MR) is 97.8 cm³/mol. The van der Waals surface area contributed by atoms with Crippen LogP contribution in [0.25, 0.3) is 10.8 Å². The number of azo groups is 1. The van der Waals surface area contributed by atoms with Crippen molar-refractivity contribution in [2.75, 3.05) is 0 Å². The van der Waals surface area contributed by atoms with Crippen LogP contribution in [0.4, 0.5) is 11.4 Å². The molecule has 29 heavy (non-hydrogen) atoms. The number of rotatable bonds is 5. The maximum Gasteiger partial charge on any atom is 1.00 e. The zero-order valence-electron chi connectivity index (χ0n) is 17.3. The average molecular weight is 455 g/mol. The van der Waals surface area contributed by atoms with Crippen LogP contribution in [-0.4, -0.2) is 26.8 Å². The molecule has 13 heteroatoms. The third-order valence-corrected chi connectivity index (χ3v) is 4.71. The van der Waals surface area contributed by atoms with Gasteiger partial charge in [-0.2, -0.15) is 13.5 Å². The maximum absolute atomic E-state index is 11.0. The first-order valence-corrected chi connectivity index (χ1v) is 9.71. The largest absolute Gasteiger partial charge is 1.00 e. The van der Waals surface area contributed by atoms with E-state index in [1.165, 1.54) is 36.4 Å². The summed E-state index contributed by atoms with van der Waals surface area (Å²) >= 11 is -2.76. The standard InChI is InChI=1S/C16H12N2O7S2.2Na.2H/c19-14-9-8-12-13(2-1-3-15(12)25-26(20)21)16(14)18-17-10-4-6-11(7-5-10)27(22,23)24;;;;/h1-9,19H,(H,20,21)(H,22,23,24);;;;/q;2*+1;2*-1/p-1. The fraction of sp³-hybridized carbons (Fsp3) is 0. The number of fused-ring (bicyclic) bond motifs is 1. The maximum atomic E-state index is 11.0. The molecule has 0 aliphatic heterocycles. The van der Waals surface area contributed by atoms with Crippen LogP contribution in [0.3, 0.4) is 0 Å². The van der Waals surface area contributed by atoms with Gasteiger partial charge < -0.3 is 16.7 Å². The molecule has 9 nitrogen and oxygen atoms in total. The third kappa shape index (κ3) is 6.56. The van der Waals surface area contributed by atoms with Crippen molar-refractivity contribution in [2.45, 2.75) is 4.90 Å². The molecule has 3 rings (SSSR count). The van der Waals surface area contributed by atoms with E-state index >= 15 is 0 Å². The van der Waals surface area contributed by atoms with Gasteiger partial charge in [0, 0.05) is 10.8 Å². The summed E-state index contributed by atoms with van der Waals surface area (Å²) in [5, 5.41) is 18.8. The van der Waals surface area contributed by atoms with Crippen molar-refractivity contribution in [3.63, 3.8) is 0 Å². The zero-order valence-corrected chi connectivity index (χ0v) is 21.0. The molecule has 0 amide bonds. The minimum absolute atomic E-state index is 0. The van der Waals surface area contributed by atoms with Gasteiger partial charge in [0.1, 0.15) is 28.5 Å². The molecule has 3 aromatic carbocycles. The van der Waals surface area contributed by atoms with Gasteiger partial charge in [-0.25, -0.2) is 4.21 Å². The summed E-state index contributed by atoms with van der Waals surface area (Å²) in [7, 11) is -4.31. The molecule has 3 aromatic rings. The van der Waals surface area contributed by atoms with Gasteiger partial charge in [0.15, 0.2) is 0 Å². The van der Waals surface area contributed by atoms with Gasteiger partial charge in [-0.15, -0.1) is 5.11 Å². The van der Waals surface area contributed by atoms with Gasteiger partial charge in [-0.3, -0.25) is 4.55 Å². The first-order chi connectivity index (χ1) is 12.8. The van der Waals surface area contributed by atoms with Gasteiger partial charge in [0.2, 0.25) is 0 Å². The van der Waals surface area contributed by atoms with Crippen molar-refractivity contribution in [3.05, 3.63) is 54.6 Å². The topological polar surface area (TPSA) is 149 Å². The molecule has 0 aliphatic carbocycles. The van der Waals surface area contributed by atoms with E-state index in [9.17, 15) is 22.3 Å². The minimum Gasteiger partial charge on any atom is -1.00 e. The Balaban J connectivity index is 0. The molecule has 0 aromatic heterocycles. The van der Waals surface area contributed by atoms with Crippen molar-refractivity contribution in [3.8, 4) is 11.5 Å². The number of phenolic OH excluding ortho intramolecular Hbond substituents is 1. The normalized spacial score (nSPS) is 12.2.